The van der Waals surface area contributed by atoms with Crippen LogP contribution in [0.25, 0.3) is 0 Å². The quantitative estimate of drug-likeness (QED) is 0.919. The summed E-state index contributed by atoms with van der Waals surface area (Å²) < 4.78 is 10.9. The molecule has 0 atom stereocenters. The second kappa shape index (κ2) is 6.91. The van der Waals surface area contributed by atoms with Crippen LogP contribution in [0.2, 0.25) is 0 Å². The summed E-state index contributed by atoms with van der Waals surface area (Å²) >= 11 is 1.46. The number of amides is 1. The third-order valence-electron chi connectivity index (χ3n) is 4.24. The lowest BCUT2D eigenvalue weighted by Crippen LogP contribution is -2.49. The van der Waals surface area contributed by atoms with Crippen LogP contribution < -0.4 is 10.5 Å². The van der Waals surface area contributed by atoms with Crippen LogP contribution in [0.4, 0.5) is 0 Å². The Hall–Kier alpha value is -1.92. The number of ether oxygens (including phenoxy) is 1. The van der Waals surface area contributed by atoms with Gasteiger partial charge in [-0.1, -0.05) is 17.8 Å². The van der Waals surface area contributed by atoms with E-state index in [-0.39, 0.29) is 11.4 Å². The Kier molecular flexibility index (Phi) is 4.87. The molecular formula is C18H22N2O3S. The Morgan fingerprint density at radius 3 is 2.75 bits per heavy atom. The predicted octanol–water partition coefficient (Wildman–Crippen LogP) is 3.39. The Morgan fingerprint density at radius 2 is 2.04 bits per heavy atom. The van der Waals surface area contributed by atoms with Crippen molar-refractivity contribution >= 4 is 17.7 Å². The zero-order valence-corrected chi connectivity index (χ0v) is 14.8. The minimum atomic E-state index is -0.173. The second-order valence-electron chi connectivity index (χ2n) is 6.35. The summed E-state index contributed by atoms with van der Waals surface area (Å²) in [7, 11) is 1.64. The van der Waals surface area contributed by atoms with Gasteiger partial charge in [-0.3, -0.25) is 4.79 Å². The van der Waals surface area contributed by atoms with Crippen LogP contribution in [0.3, 0.4) is 0 Å². The number of rotatable bonds is 4. The molecule has 0 unspecified atom stereocenters. The van der Waals surface area contributed by atoms with Crippen molar-refractivity contribution < 1.29 is 13.9 Å². The number of benzene rings is 1. The van der Waals surface area contributed by atoms with Gasteiger partial charge in [-0.2, -0.15) is 0 Å². The molecule has 1 saturated heterocycles. The second-order valence-corrected chi connectivity index (χ2v) is 7.42. The maximum absolute atomic E-state index is 12.5. The summed E-state index contributed by atoms with van der Waals surface area (Å²) in [5.41, 5.74) is 5.94. The van der Waals surface area contributed by atoms with Gasteiger partial charge in [-0.25, -0.2) is 0 Å². The molecule has 1 amide bonds. The smallest absolute Gasteiger partial charge is 0.289 e. The number of methoxy groups -OCH3 is 1. The number of furan rings is 1. The Labute approximate surface area is 146 Å². The number of hydrogen-bond donors (Lipinski definition) is 1. The molecule has 5 nitrogen and oxygen atoms in total. The molecule has 24 heavy (non-hydrogen) atoms. The molecule has 1 aliphatic heterocycles. The lowest BCUT2D eigenvalue weighted by atomic mass is 9.91. The van der Waals surface area contributed by atoms with Gasteiger partial charge in [0.2, 0.25) is 0 Å². The van der Waals surface area contributed by atoms with E-state index in [4.69, 9.17) is 14.9 Å². The number of carbonyl (C=O) groups excluding carboxylic acids is 1. The van der Waals surface area contributed by atoms with E-state index in [9.17, 15) is 4.79 Å². The molecule has 1 aromatic heterocycles. The molecule has 128 valence electrons. The minimum Gasteiger partial charge on any atom is -0.497 e. The maximum Gasteiger partial charge on any atom is 0.289 e. The van der Waals surface area contributed by atoms with E-state index in [1.807, 2.05) is 42.2 Å². The topological polar surface area (TPSA) is 68.7 Å². The van der Waals surface area contributed by atoms with Crippen molar-refractivity contribution in [1.29, 1.82) is 0 Å². The number of piperidine rings is 1. The van der Waals surface area contributed by atoms with Gasteiger partial charge in [0.1, 0.15) is 5.75 Å². The summed E-state index contributed by atoms with van der Waals surface area (Å²) in [6.07, 6.45) is 1.62. The zero-order valence-electron chi connectivity index (χ0n) is 14.0. The van der Waals surface area contributed by atoms with E-state index >= 15 is 0 Å². The van der Waals surface area contributed by atoms with Gasteiger partial charge < -0.3 is 19.8 Å². The van der Waals surface area contributed by atoms with Crippen molar-refractivity contribution in [1.82, 2.24) is 4.90 Å². The monoisotopic (exact) mass is 346 g/mol. The van der Waals surface area contributed by atoms with Crippen molar-refractivity contribution in [2.24, 2.45) is 5.73 Å². The lowest BCUT2D eigenvalue weighted by molar-refractivity contribution is 0.0643. The molecule has 2 N–H and O–H groups in total. The van der Waals surface area contributed by atoms with Gasteiger partial charge in [-0.15, -0.1) is 0 Å². The van der Waals surface area contributed by atoms with Crippen LogP contribution in [0.1, 0.15) is 30.3 Å². The van der Waals surface area contributed by atoms with Crippen molar-refractivity contribution in [2.45, 2.75) is 35.3 Å². The van der Waals surface area contributed by atoms with Crippen molar-refractivity contribution in [3.8, 4) is 5.75 Å². The van der Waals surface area contributed by atoms with Gasteiger partial charge in [0.15, 0.2) is 10.9 Å². The van der Waals surface area contributed by atoms with Gasteiger partial charge in [0.05, 0.1) is 7.11 Å². The third-order valence-corrected chi connectivity index (χ3v) is 5.15. The van der Waals surface area contributed by atoms with Gasteiger partial charge in [-0.05, 0) is 50.1 Å². The largest absolute Gasteiger partial charge is 0.497 e. The Bertz CT molecular complexity index is 717. The summed E-state index contributed by atoms with van der Waals surface area (Å²) in [6.45, 7) is 3.38. The maximum atomic E-state index is 12.5. The number of nitrogens with two attached hydrogens (primary N) is 1. The summed E-state index contributed by atoms with van der Waals surface area (Å²) in [6, 6.07) is 11.3. The summed E-state index contributed by atoms with van der Waals surface area (Å²) in [5.74, 6) is 1.10. The number of carbonyl (C=O) groups is 1. The molecule has 6 heteroatoms. The fourth-order valence-corrected chi connectivity index (χ4v) is 3.47. The highest BCUT2D eigenvalue weighted by Gasteiger charge is 2.29. The zero-order chi connectivity index (χ0) is 17.2. The van der Waals surface area contributed by atoms with E-state index in [2.05, 4.69) is 0 Å². The van der Waals surface area contributed by atoms with E-state index in [0.29, 0.717) is 23.9 Å². The van der Waals surface area contributed by atoms with Crippen LogP contribution >= 0.6 is 11.8 Å². The molecular weight excluding hydrogens is 324 g/mol. The fraction of sp³-hybridized carbons (Fsp3) is 0.389. The van der Waals surface area contributed by atoms with E-state index in [1.165, 1.54) is 11.8 Å². The average Bonchev–Trinajstić information content (AvgIpc) is 3.03. The summed E-state index contributed by atoms with van der Waals surface area (Å²) in [5, 5.41) is 0.687. The van der Waals surface area contributed by atoms with Crippen molar-refractivity contribution in [3.05, 3.63) is 42.2 Å². The average molecular weight is 346 g/mol. The van der Waals surface area contributed by atoms with E-state index < -0.39 is 0 Å². The van der Waals surface area contributed by atoms with E-state index in [1.54, 1.807) is 13.2 Å². The van der Waals surface area contributed by atoms with Crippen molar-refractivity contribution in [2.75, 3.05) is 20.2 Å². The molecule has 0 saturated carbocycles. The number of likely N-dealkylation sites (tertiary alicyclic amines) is 1. The lowest BCUT2D eigenvalue weighted by Gasteiger charge is -2.36. The first kappa shape index (κ1) is 16.9. The van der Waals surface area contributed by atoms with E-state index in [0.717, 1.165) is 23.5 Å². The van der Waals surface area contributed by atoms with Crippen LogP contribution in [-0.2, 0) is 0 Å². The molecule has 0 radical (unpaired) electrons. The number of nitrogens with zero attached hydrogens (tertiary/aromatic N) is 1. The first-order valence-corrected chi connectivity index (χ1v) is 8.78. The predicted molar refractivity (Wildman–Crippen MR) is 93.6 cm³/mol. The molecule has 3 rings (SSSR count). The van der Waals surface area contributed by atoms with Gasteiger partial charge >= 0.3 is 0 Å². The van der Waals surface area contributed by atoms with Gasteiger partial charge in [0.25, 0.3) is 5.91 Å². The molecule has 0 bridgehead atoms. The number of hydrogen-bond acceptors (Lipinski definition) is 5. The third kappa shape index (κ3) is 3.94. The van der Waals surface area contributed by atoms with Crippen LogP contribution in [0.5, 0.6) is 5.75 Å². The van der Waals surface area contributed by atoms with Crippen LogP contribution in [0.15, 0.2) is 50.8 Å². The Morgan fingerprint density at radius 1 is 1.29 bits per heavy atom. The van der Waals surface area contributed by atoms with Crippen LogP contribution in [-0.4, -0.2) is 36.5 Å². The Balaban J connectivity index is 1.65. The molecule has 1 aromatic carbocycles. The highest BCUT2D eigenvalue weighted by atomic mass is 32.2. The molecule has 1 fully saturated rings. The molecule has 1 aliphatic rings. The fourth-order valence-electron chi connectivity index (χ4n) is 2.65. The SMILES string of the molecule is COc1cccc(Sc2ccc(C(=O)N3CCC(C)(N)CC3)o2)c1. The van der Waals surface area contributed by atoms with Crippen molar-refractivity contribution in [3.63, 3.8) is 0 Å². The minimum absolute atomic E-state index is 0.0667. The normalized spacial score (nSPS) is 16.9. The molecule has 2 heterocycles. The van der Waals surface area contributed by atoms with Crippen LogP contribution in [0, 0.1) is 0 Å². The first-order valence-electron chi connectivity index (χ1n) is 7.97. The molecule has 0 aliphatic carbocycles. The molecule has 0 spiro atoms. The highest BCUT2D eigenvalue weighted by Crippen LogP contribution is 2.32. The van der Waals surface area contributed by atoms with Gasteiger partial charge in [0, 0.05) is 23.5 Å². The highest BCUT2D eigenvalue weighted by molar-refractivity contribution is 7.99. The summed E-state index contributed by atoms with van der Waals surface area (Å²) in [4.78, 5) is 15.4. The molecule has 2 aromatic rings. The standard InChI is InChI=1S/C18H22N2O3S/c1-18(19)8-10-20(11-9-18)17(21)15-6-7-16(23-15)24-14-5-3-4-13(12-14)22-2/h3-7,12H,8-11,19H2,1-2H3. The first-order chi connectivity index (χ1) is 11.5.